The Balaban J connectivity index is 2.22. The number of hydrogen-bond donors (Lipinski definition) is 2. The Morgan fingerprint density at radius 3 is 2.48 bits per heavy atom. The molecule has 2 aromatic rings. The standard InChI is InChI=1S/C18H20FNO4S/c1-13-11-15(19)7-9-17(13)25(23,24)20-16(8-10-18(21)22)12-14-5-3-2-4-6-14/h2-7,9,11,16,20H,8,10,12H2,1H3,(H,21,22). The first-order chi connectivity index (χ1) is 11.8. The van der Waals surface area contributed by atoms with Gasteiger partial charge in [-0.1, -0.05) is 30.3 Å². The summed E-state index contributed by atoms with van der Waals surface area (Å²) in [6, 6.07) is 12.1. The molecule has 0 aliphatic carbocycles. The van der Waals surface area contributed by atoms with Gasteiger partial charge in [0.25, 0.3) is 0 Å². The van der Waals surface area contributed by atoms with Crippen LogP contribution in [0.2, 0.25) is 0 Å². The second kappa shape index (κ2) is 8.22. The highest BCUT2D eigenvalue weighted by atomic mass is 32.2. The number of hydrogen-bond acceptors (Lipinski definition) is 3. The molecule has 0 spiro atoms. The quantitative estimate of drug-likeness (QED) is 0.753. The Labute approximate surface area is 146 Å². The van der Waals surface area contributed by atoms with Crippen molar-refractivity contribution in [1.29, 1.82) is 0 Å². The van der Waals surface area contributed by atoms with Crippen molar-refractivity contribution in [3.8, 4) is 0 Å². The molecule has 0 aromatic heterocycles. The smallest absolute Gasteiger partial charge is 0.303 e. The van der Waals surface area contributed by atoms with Gasteiger partial charge in [0.1, 0.15) is 5.82 Å². The van der Waals surface area contributed by atoms with Gasteiger partial charge in [0.2, 0.25) is 10.0 Å². The summed E-state index contributed by atoms with van der Waals surface area (Å²) >= 11 is 0. The maximum absolute atomic E-state index is 13.2. The summed E-state index contributed by atoms with van der Waals surface area (Å²) in [6.45, 7) is 1.51. The lowest BCUT2D eigenvalue weighted by atomic mass is 10.0. The van der Waals surface area contributed by atoms with Gasteiger partial charge in [-0.25, -0.2) is 17.5 Å². The Kier molecular flexibility index (Phi) is 6.27. The summed E-state index contributed by atoms with van der Waals surface area (Å²) in [6.07, 6.45) is 0.375. The summed E-state index contributed by atoms with van der Waals surface area (Å²) in [4.78, 5) is 10.9. The summed E-state index contributed by atoms with van der Waals surface area (Å²) in [5, 5.41) is 8.90. The number of nitrogens with one attached hydrogen (secondary N) is 1. The molecule has 25 heavy (non-hydrogen) atoms. The molecule has 0 heterocycles. The van der Waals surface area contributed by atoms with E-state index < -0.39 is 27.9 Å². The van der Waals surface area contributed by atoms with Crippen LogP contribution in [0.1, 0.15) is 24.0 Å². The molecule has 0 aliphatic heterocycles. The maximum atomic E-state index is 13.2. The fourth-order valence-electron chi connectivity index (χ4n) is 2.60. The number of carbonyl (C=O) groups is 1. The average molecular weight is 365 g/mol. The number of sulfonamides is 1. The maximum Gasteiger partial charge on any atom is 0.303 e. The molecular formula is C18H20FNO4S. The third kappa shape index (κ3) is 5.65. The van der Waals surface area contributed by atoms with Crippen LogP contribution in [0.3, 0.4) is 0 Å². The molecule has 7 heteroatoms. The van der Waals surface area contributed by atoms with Gasteiger partial charge in [-0.05, 0) is 49.1 Å². The predicted molar refractivity (Wildman–Crippen MR) is 92.3 cm³/mol. The number of aryl methyl sites for hydroxylation is 1. The van der Waals surface area contributed by atoms with Crippen LogP contribution in [0.5, 0.6) is 0 Å². The van der Waals surface area contributed by atoms with Crippen LogP contribution in [-0.2, 0) is 21.2 Å². The van der Waals surface area contributed by atoms with Crippen molar-refractivity contribution in [2.45, 2.75) is 37.1 Å². The molecule has 0 saturated carbocycles. The Hall–Kier alpha value is -2.25. The molecule has 0 fully saturated rings. The van der Waals surface area contributed by atoms with Crippen molar-refractivity contribution in [3.05, 3.63) is 65.5 Å². The van der Waals surface area contributed by atoms with Crippen LogP contribution in [0.25, 0.3) is 0 Å². The average Bonchev–Trinajstić information content (AvgIpc) is 2.53. The van der Waals surface area contributed by atoms with Gasteiger partial charge in [0.15, 0.2) is 0 Å². The second-order valence-corrected chi connectivity index (χ2v) is 7.53. The zero-order valence-electron chi connectivity index (χ0n) is 13.8. The van der Waals surface area contributed by atoms with Crippen molar-refractivity contribution >= 4 is 16.0 Å². The molecule has 0 bridgehead atoms. The van der Waals surface area contributed by atoms with Gasteiger partial charge in [-0.15, -0.1) is 0 Å². The van der Waals surface area contributed by atoms with Gasteiger partial charge < -0.3 is 5.11 Å². The van der Waals surface area contributed by atoms with Crippen molar-refractivity contribution in [1.82, 2.24) is 4.72 Å². The van der Waals surface area contributed by atoms with E-state index in [0.717, 1.165) is 17.7 Å². The lowest BCUT2D eigenvalue weighted by Crippen LogP contribution is -2.37. The van der Waals surface area contributed by atoms with Crippen LogP contribution in [0.15, 0.2) is 53.4 Å². The topological polar surface area (TPSA) is 83.5 Å². The third-order valence-electron chi connectivity index (χ3n) is 3.78. The summed E-state index contributed by atoms with van der Waals surface area (Å²) in [5.74, 6) is -1.50. The van der Waals surface area contributed by atoms with Crippen LogP contribution < -0.4 is 4.72 Å². The summed E-state index contributed by atoms with van der Waals surface area (Å²) in [7, 11) is -3.88. The third-order valence-corrected chi connectivity index (χ3v) is 5.46. The van der Waals surface area contributed by atoms with Gasteiger partial charge in [0, 0.05) is 12.5 Å². The predicted octanol–water partition coefficient (Wildman–Crippen LogP) is 2.89. The molecule has 134 valence electrons. The minimum absolute atomic E-state index is 0.0118. The van der Waals surface area contributed by atoms with Gasteiger partial charge in [-0.3, -0.25) is 4.79 Å². The lowest BCUT2D eigenvalue weighted by Gasteiger charge is -2.19. The summed E-state index contributed by atoms with van der Waals surface area (Å²) in [5.41, 5.74) is 1.20. The number of carboxylic acid groups (broad SMARTS) is 1. The van der Waals surface area contributed by atoms with Crippen LogP contribution in [0, 0.1) is 12.7 Å². The van der Waals surface area contributed by atoms with E-state index >= 15 is 0 Å². The van der Waals surface area contributed by atoms with Gasteiger partial charge >= 0.3 is 5.97 Å². The SMILES string of the molecule is Cc1cc(F)ccc1S(=O)(=O)NC(CCC(=O)O)Cc1ccccc1. The van der Waals surface area contributed by atoms with Gasteiger partial charge in [0.05, 0.1) is 4.90 Å². The molecule has 1 atom stereocenters. The van der Waals surface area contributed by atoms with E-state index in [1.54, 1.807) is 0 Å². The first-order valence-electron chi connectivity index (χ1n) is 7.82. The normalized spacial score (nSPS) is 12.7. The highest BCUT2D eigenvalue weighted by molar-refractivity contribution is 7.89. The second-order valence-electron chi connectivity index (χ2n) is 5.85. The highest BCUT2D eigenvalue weighted by Crippen LogP contribution is 2.18. The van der Waals surface area contributed by atoms with E-state index in [1.807, 2.05) is 30.3 Å². The monoisotopic (exact) mass is 365 g/mol. The van der Waals surface area contributed by atoms with E-state index in [0.29, 0.717) is 12.0 Å². The minimum Gasteiger partial charge on any atom is -0.481 e. The van der Waals surface area contributed by atoms with Crippen LogP contribution in [-0.4, -0.2) is 25.5 Å². The molecule has 2 aromatic carbocycles. The highest BCUT2D eigenvalue weighted by Gasteiger charge is 2.23. The fraction of sp³-hybridized carbons (Fsp3) is 0.278. The van der Waals surface area contributed by atoms with Crippen LogP contribution >= 0.6 is 0 Å². The molecule has 0 aliphatic rings. The number of benzene rings is 2. The van der Waals surface area contributed by atoms with E-state index in [2.05, 4.69) is 4.72 Å². The van der Waals surface area contributed by atoms with Crippen LogP contribution in [0.4, 0.5) is 4.39 Å². The van der Waals surface area contributed by atoms with E-state index in [4.69, 9.17) is 5.11 Å². The number of carboxylic acids is 1. The van der Waals surface area contributed by atoms with Crippen molar-refractivity contribution in [3.63, 3.8) is 0 Å². The zero-order valence-corrected chi connectivity index (χ0v) is 14.6. The minimum atomic E-state index is -3.88. The molecule has 1 unspecified atom stereocenters. The summed E-state index contributed by atoms with van der Waals surface area (Å²) < 4.78 is 41.0. The Bertz CT molecular complexity index is 837. The molecule has 0 amide bonds. The van der Waals surface area contributed by atoms with E-state index in [1.165, 1.54) is 13.0 Å². The number of aliphatic carboxylic acids is 1. The molecule has 5 nitrogen and oxygen atoms in total. The zero-order chi connectivity index (χ0) is 18.4. The fourth-order valence-corrected chi connectivity index (χ4v) is 4.09. The molecule has 2 rings (SSSR count). The molecular weight excluding hydrogens is 345 g/mol. The van der Waals surface area contributed by atoms with Gasteiger partial charge in [-0.2, -0.15) is 0 Å². The molecule has 0 radical (unpaired) electrons. The Morgan fingerprint density at radius 2 is 1.88 bits per heavy atom. The van der Waals surface area contributed by atoms with E-state index in [-0.39, 0.29) is 17.7 Å². The van der Waals surface area contributed by atoms with E-state index in [9.17, 15) is 17.6 Å². The molecule has 2 N–H and O–H groups in total. The number of halogens is 1. The van der Waals surface area contributed by atoms with Crippen molar-refractivity contribution in [2.75, 3.05) is 0 Å². The van der Waals surface area contributed by atoms with Crippen molar-refractivity contribution in [2.24, 2.45) is 0 Å². The first kappa shape index (κ1) is 19.1. The largest absolute Gasteiger partial charge is 0.481 e. The Morgan fingerprint density at radius 1 is 1.20 bits per heavy atom. The lowest BCUT2D eigenvalue weighted by molar-refractivity contribution is -0.137. The first-order valence-corrected chi connectivity index (χ1v) is 9.30. The van der Waals surface area contributed by atoms with Crippen molar-refractivity contribution < 1.29 is 22.7 Å². The molecule has 0 saturated heterocycles. The number of rotatable bonds is 8.